The van der Waals surface area contributed by atoms with Crippen molar-refractivity contribution in [2.75, 3.05) is 20.1 Å². The van der Waals surface area contributed by atoms with E-state index in [4.69, 9.17) is 5.11 Å². The zero-order chi connectivity index (χ0) is 19.5. The maximum Gasteiger partial charge on any atom is 0.317 e. The van der Waals surface area contributed by atoms with E-state index in [0.717, 1.165) is 5.56 Å². The zero-order valence-electron chi connectivity index (χ0n) is 15.2. The number of sulfonamides is 1. The van der Waals surface area contributed by atoms with Crippen LogP contribution < -0.4 is 5.32 Å². The van der Waals surface area contributed by atoms with Crippen molar-refractivity contribution in [1.82, 2.24) is 14.5 Å². The maximum atomic E-state index is 12.4. The number of carboxylic acids is 1. The van der Waals surface area contributed by atoms with Gasteiger partial charge in [0.15, 0.2) is 0 Å². The fourth-order valence-electron chi connectivity index (χ4n) is 2.66. The van der Waals surface area contributed by atoms with Gasteiger partial charge in [-0.25, -0.2) is 13.2 Å². The maximum absolute atomic E-state index is 12.4. The third kappa shape index (κ3) is 4.53. The Balaban J connectivity index is 1.94. The third-order valence-corrected chi connectivity index (χ3v) is 6.64. The lowest BCUT2D eigenvalue weighted by atomic mass is 10.1. The first-order valence-corrected chi connectivity index (χ1v) is 9.89. The fraction of sp³-hybridized carbons (Fsp3) is 0.529. The number of carbonyl (C=O) groups excluding carboxylic acids is 1. The average molecular weight is 383 g/mol. The van der Waals surface area contributed by atoms with Crippen molar-refractivity contribution in [3.63, 3.8) is 0 Å². The quantitative estimate of drug-likeness (QED) is 0.771. The number of urea groups is 1. The number of amides is 2. The molecule has 0 spiro atoms. The molecule has 1 saturated heterocycles. The summed E-state index contributed by atoms with van der Waals surface area (Å²) in [7, 11) is -2.00. The van der Waals surface area contributed by atoms with E-state index in [1.165, 1.54) is 28.4 Å². The highest BCUT2D eigenvalue weighted by Crippen LogP contribution is 2.18. The Bertz CT molecular complexity index is 761. The van der Waals surface area contributed by atoms with E-state index < -0.39 is 21.9 Å². The van der Waals surface area contributed by atoms with Crippen molar-refractivity contribution in [2.24, 2.45) is 5.92 Å². The number of rotatable bonds is 6. The fourth-order valence-corrected chi connectivity index (χ4v) is 4.03. The summed E-state index contributed by atoms with van der Waals surface area (Å²) in [6.45, 7) is 4.47. The normalized spacial score (nSPS) is 17.7. The van der Waals surface area contributed by atoms with Gasteiger partial charge in [0.05, 0.1) is 10.8 Å². The van der Waals surface area contributed by atoms with Gasteiger partial charge in [0.25, 0.3) is 0 Å². The van der Waals surface area contributed by atoms with Crippen LogP contribution in [0.25, 0.3) is 0 Å². The molecule has 0 bridgehead atoms. The van der Waals surface area contributed by atoms with Crippen molar-refractivity contribution in [1.29, 1.82) is 0 Å². The molecule has 2 amide bonds. The molecule has 0 aliphatic carbocycles. The second kappa shape index (κ2) is 8.05. The van der Waals surface area contributed by atoms with Crippen LogP contribution >= 0.6 is 0 Å². The number of hydrogen-bond acceptors (Lipinski definition) is 4. The largest absolute Gasteiger partial charge is 0.481 e. The summed E-state index contributed by atoms with van der Waals surface area (Å²) < 4.78 is 26.1. The molecule has 1 aliphatic rings. The average Bonchev–Trinajstić information content (AvgIpc) is 3.09. The number of benzene rings is 1. The first-order valence-electron chi connectivity index (χ1n) is 8.45. The monoisotopic (exact) mass is 383 g/mol. The SMILES string of the molecule is CC(C)N(C)S(=O)(=O)c1ccc(CNC(=O)N2CCC(C(=O)O)C2)cc1. The van der Waals surface area contributed by atoms with Crippen LogP contribution in [0.3, 0.4) is 0 Å². The lowest BCUT2D eigenvalue weighted by Crippen LogP contribution is -2.38. The van der Waals surface area contributed by atoms with Gasteiger partial charge in [-0.15, -0.1) is 0 Å². The Morgan fingerprint density at radius 2 is 1.92 bits per heavy atom. The van der Waals surface area contributed by atoms with E-state index in [9.17, 15) is 18.0 Å². The smallest absolute Gasteiger partial charge is 0.317 e. The Kier molecular flexibility index (Phi) is 6.25. The van der Waals surface area contributed by atoms with E-state index in [0.29, 0.717) is 13.0 Å². The van der Waals surface area contributed by atoms with Crippen LogP contribution in [0.5, 0.6) is 0 Å². The van der Waals surface area contributed by atoms with Gasteiger partial charge < -0.3 is 15.3 Å². The molecular formula is C17H25N3O5S. The van der Waals surface area contributed by atoms with Crippen LogP contribution in [-0.4, -0.2) is 60.9 Å². The Morgan fingerprint density at radius 3 is 2.42 bits per heavy atom. The molecule has 9 heteroatoms. The van der Waals surface area contributed by atoms with Crippen molar-refractivity contribution in [3.8, 4) is 0 Å². The molecule has 1 aliphatic heterocycles. The van der Waals surface area contributed by atoms with Gasteiger partial charge in [-0.2, -0.15) is 4.31 Å². The molecule has 8 nitrogen and oxygen atoms in total. The molecule has 2 N–H and O–H groups in total. The number of likely N-dealkylation sites (tertiary alicyclic amines) is 1. The van der Waals surface area contributed by atoms with Crippen molar-refractivity contribution in [3.05, 3.63) is 29.8 Å². The van der Waals surface area contributed by atoms with Crippen LogP contribution in [0, 0.1) is 5.92 Å². The highest BCUT2D eigenvalue weighted by Gasteiger charge is 2.30. The van der Waals surface area contributed by atoms with Gasteiger partial charge >= 0.3 is 12.0 Å². The number of carbonyl (C=O) groups is 2. The first kappa shape index (κ1) is 20.2. The first-order chi connectivity index (χ1) is 12.1. The molecule has 1 aromatic rings. The standard InChI is InChI=1S/C17H25N3O5S/c1-12(2)19(3)26(24,25)15-6-4-13(5-7-15)10-18-17(23)20-9-8-14(11-20)16(21)22/h4-7,12,14H,8-11H2,1-3H3,(H,18,23)(H,21,22). The molecule has 2 rings (SSSR count). The molecule has 1 fully saturated rings. The summed E-state index contributed by atoms with van der Waals surface area (Å²) in [5.74, 6) is -1.40. The Morgan fingerprint density at radius 1 is 1.31 bits per heavy atom. The molecule has 26 heavy (non-hydrogen) atoms. The van der Waals surface area contributed by atoms with Crippen LogP contribution in [0.4, 0.5) is 4.79 Å². The summed E-state index contributed by atoms with van der Waals surface area (Å²) >= 11 is 0. The molecule has 0 radical (unpaired) electrons. The van der Waals surface area contributed by atoms with Gasteiger partial charge in [-0.05, 0) is 38.0 Å². The number of nitrogens with zero attached hydrogens (tertiary/aromatic N) is 2. The van der Waals surface area contributed by atoms with E-state index in [1.54, 1.807) is 26.0 Å². The van der Waals surface area contributed by atoms with E-state index in [2.05, 4.69) is 5.32 Å². The second-order valence-corrected chi connectivity index (χ2v) is 8.69. The van der Waals surface area contributed by atoms with Gasteiger partial charge in [0.1, 0.15) is 0 Å². The summed E-state index contributed by atoms with van der Waals surface area (Å²) in [6, 6.07) is 5.90. The molecule has 1 atom stereocenters. The Hall–Kier alpha value is -2.13. The third-order valence-electron chi connectivity index (χ3n) is 4.60. The van der Waals surface area contributed by atoms with Crippen LogP contribution in [0.15, 0.2) is 29.2 Å². The predicted octanol–water partition coefficient (Wildman–Crippen LogP) is 1.33. The number of aliphatic carboxylic acids is 1. The molecule has 1 unspecified atom stereocenters. The van der Waals surface area contributed by atoms with E-state index in [-0.39, 0.29) is 30.1 Å². The second-order valence-electron chi connectivity index (χ2n) is 6.69. The zero-order valence-corrected chi connectivity index (χ0v) is 16.0. The number of hydrogen-bond donors (Lipinski definition) is 2. The molecular weight excluding hydrogens is 358 g/mol. The lowest BCUT2D eigenvalue weighted by molar-refractivity contribution is -0.141. The lowest BCUT2D eigenvalue weighted by Gasteiger charge is -2.21. The van der Waals surface area contributed by atoms with E-state index in [1.807, 2.05) is 0 Å². The molecule has 1 heterocycles. The van der Waals surface area contributed by atoms with Gasteiger partial charge in [0.2, 0.25) is 10.0 Å². The summed E-state index contributed by atoms with van der Waals surface area (Å²) in [4.78, 5) is 24.7. The predicted molar refractivity (Wildman–Crippen MR) is 96.1 cm³/mol. The topological polar surface area (TPSA) is 107 Å². The number of nitrogens with one attached hydrogen (secondary N) is 1. The summed E-state index contributed by atoms with van der Waals surface area (Å²) in [5.41, 5.74) is 0.762. The minimum Gasteiger partial charge on any atom is -0.481 e. The number of carboxylic acid groups (broad SMARTS) is 1. The van der Waals surface area contributed by atoms with E-state index >= 15 is 0 Å². The van der Waals surface area contributed by atoms with Gasteiger partial charge in [0, 0.05) is 32.7 Å². The molecule has 1 aromatic carbocycles. The summed E-state index contributed by atoms with van der Waals surface area (Å²) in [5, 5.41) is 11.7. The van der Waals surface area contributed by atoms with Crippen molar-refractivity contribution < 1.29 is 23.1 Å². The van der Waals surface area contributed by atoms with Crippen molar-refractivity contribution in [2.45, 2.75) is 37.8 Å². The summed E-state index contributed by atoms with van der Waals surface area (Å²) in [6.07, 6.45) is 0.457. The van der Waals surface area contributed by atoms with Crippen LogP contribution in [-0.2, 0) is 21.4 Å². The Labute approximate surface area is 153 Å². The molecule has 0 aromatic heterocycles. The highest BCUT2D eigenvalue weighted by atomic mass is 32.2. The van der Waals surface area contributed by atoms with Gasteiger partial charge in [-0.1, -0.05) is 12.1 Å². The minimum atomic E-state index is -3.53. The minimum absolute atomic E-state index is 0.144. The molecule has 144 valence electrons. The van der Waals surface area contributed by atoms with Gasteiger partial charge in [-0.3, -0.25) is 4.79 Å². The van der Waals surface area contributed by atoms with Crippen LogP contribution in [0.2, 0.25) is 0 Å². The highest BCUT2D eigenvalue weighted by molar-refractivity contribution is 7.89. The van der Waals surface area contributed by atoms with Crippen LogP contribution in [0.1, 0.15) is 25.8 Å². The van der Waals surface area contributed by atoms with Crippen molar-refractivity contribution >= 4 is 22.0 Å². The molecule has 0 saturated carbocycles.